The molecule has 1 nitrogen and oxygen atoms in total. The van der Waals surface area contributed by atoms with E-state index >= 15 is 0 Å². The van der Waals surface area contributed by atoms with Gasteiger partial charge in [0.2, 0.25) is 0 Å². The van der Waals surface area contributed by atoms with Crippen LogP contribution in [0.5, 0.6) is 0 Å². The number of hydrogen-bond donors (Lipinski definition) is 1. The van der Waals surface area contributed by atoms with Crippen LogP contribution < -0.4 is 5.32 Å². The van der Waals surface area contributed by atoms with Gasteiger partial charge in [0.05, 0.1) is 0 Å². The Morgan fingerprint density at radius 2 is 1.85 bits per heavy atom. The van der Waals surface area contributed by atoms with Gasteiger partial charge >= 0.3 is 0 Å². The maximum atomic E-state index is 13.5. The molecular formula is C17H21F2N. The second-order valence-electron chi connectivity index (χ2n) is 6.77. The van der Waals surface area contributed by atoms with Crippen LogP contribution in [0.25, 0.3) is 0 Å². The van der Waals surface area contributed by atoms with Crippen molar-refractivity contribution in [3.63, 3.8) is 0 Å². The second-order valence-corrected chi connectivity index (χ2v) is 6.77. The standard InChI is InChI=1S/C17H21F2N/c1-2-20-17(11-5-6-12(18)13(19)8-11)16-14-9-3-4-10(7-9)15(14)16/h5-6,8-10,14-17,20H,2-4,7H2,1H3. The molecule has 3 saturated carbocycles. The molecule has 0 aromatic heterocycles. The number of rotatable bonds is 4. The SMILES string of the molecule is CCNC(c1ccc(F)c(F)c1)C1C2C3CCC(C3)C21. The van der Waals surface area contributed by atoms with Crippen molar-refractivity contribution < 1.29 is 8.78 Å². The first-order chi connectivity index (χ1) is 9.70. The van der Waals surface area contributed by atoms with Gasteiger partial charge in [-0.15, -0.1) is 0 Å². The zero-order valence-electron chi connectivity index (χ0n) is 11.8. The molecule has 1 N–H and O–H groups in total. The van der Waals surface area contributed by atoms with Gasteiger partial charge in [-0.1, -0.05) is 13.0 Å². The average Bonchev–Trinajstić information content (AvgIpc) is 2.86. The number of fused-ring (bicyclic) bond motifs is 5. The zero-order valence-corrected chi connectivity index (χ0v) is 11.8. The summed E-state index contributed by atoms with van der Waals surface area (Å²) >= 11 is 0. The highest BCUT2D eigenvalue weighted by molar-refractivity contribution is 5.27. The van der Waals surface area contributed by atoms with Gasteiger partial charge in [-0.3, -0.25) is 0 Å². The molecule has 5 atom stereocenters. The molecular weight excluding hydrogens is 256 g/mol. The van der Waals surface area contributed by atoms with Gasteiger partial charge in [-0.05, 0) is 73.1 Å². The Morgan fingerprint density at radius 3 is 2.45 bits per heavy atom. The summed E-state index contributed by atoms with van der Waals surface area (Å²) in [5.74, 6) is 2.66. The van der Waals surface area contributed by atoms with Crippen LogP contribution in [0.3, 0.4) is 0 Å². The van der Waals surface area contributed by atoms with E-state index in [1.807, 2.05) is 0 Å². The summed E-state index contributed by atoms with van der Waals surface area (Å²) in [7, 11) is 0. The Hall–Kier alpha value is -0.960. The number of benzene rings is 1. The van der Waals surface area contributed by atoms with Crippen LogP contribution in [0.1, 0.15) is 37.8 Å². The minimum absolute atomic E-state index is 0.202. The number of hydrogen-bond acceptors (Lipinski definition) is 1. The third kappa shape index (κ3) is 1.75. The Bertz CT molecular complexity index is 514. The van der Waals surface area contributed by atoms with Gasteiger partial charge in [0, 0.05) is 6.04 Å². The highest BCUT2D eigenvalue weighted by Gasteiger charge is 2.66. The van der Waals surface area contributed by atoms with Gasteiger partial charge in [0.25, 0.3) is 0 Å². The molecule has 3 heteroatoms. The first kappa shape index (κ1) is 12.8. The Balaban J connectivity index is 1.61. The lowest BCUT2D eigenvalue weighted by molar-refractivity contribution is 0.373. The third-order valence-electron chi connectivity index (χ3n) is 5.91. The smallest absolute Gasteiger partial charge is 0.159 e. The van der Waals surface area contributed by atoms with E-state index in [4.69, 9.17) is 0 Å². The van der Waals surface area contributed by atoms with Crippen LogP contribution in [0.2, 0.25) is 0 Å². The van der Waals surface area contributed by atoms with E-state index in [1.54, 1.807) is 6.07 Å². The van der Waals surface area contributed by atoms with Crippen molar-refractivity contribution in [3.8, 4) is 0 Å². The zero-order chi connectivity index (χ0) is 13.9. The lowest BCUT2D eigenvalue weighted by atomic mass is 9.93. The largest absolute Gasteiger partial charge is 0.310 e. The van der Waals surface area contributed by atoms with Crippen LogP contribution >= 0.6 is 0 Å². The lowest BCUT2D eigenvalue weighted by Gasteiger charge is -2.22. The van der Waals surface area contributed by atoms with E-state index in [-0.39, 0.29) is 6.04 Å². The molecule has 0 spiro atoms. The van der Waals surface area contributed by atoms with Crippen LogP contribution in [0, 0.1) is 41.2 Å². The van der Waals surface area contributed by atoms with Crippen molar-refractivity contribution >= 4 is 0 Å². The molecule has 0 aliphatic heterocycles. The fraction of sp³-hybridized carbons (Fsp3) is 0.647. The van der Waals surface area contributed by atoms with Crippen LogP contribution in [-0.4, -0.2) is 6.54 Å². The summed E-state index contributed by atoms with van der Waals surface area (Å²) in [5.41, 5.74) is 0.921. The monoisotopic (exact) mass is 277 g/mol. The lowest BCUT2D eigenvalue weighted by Crippen LogP contribution is -2.25. The molecule has 1 aromatic rings. The molecule has 108 valence electrons. The predicted molar refractivity (Wildman–Crippen MR) is 74.1 cm³/mol. The molecule has 1 aromatic carbocycles. The van der Waals surface area contributed by atoms with Gasteiger partial charge in [-0.2, -0.15) is 0 Å². The van der Waals surface area contributed by atoms with Crippen molar-refractivity contribution in [1.82, 2.24) is 5.32 Å². The molecule has 0 amide bonds. The molecule has 5 unspecified atom stereocenters. The normalized spacial score (nSPS) is 38.9. The van der Waals surface area contributed by atoms with E-state index in [9.17, 15) is 8.78 Å². The minimum atomic E-state index is -0.750. The maximum absolute atomic E-state index is 13.5. The fourth-order valence-electron chi connectivity index (χ4n) is 5.24. The Kier molecular flexibility index (Phi) is 2.88. The first-order valence-corrected chi connectivity index (χ1v) is 7.89. The summed E-state index contributed by atoms with van der Waals surface area (Å²) < 4.78 is 26.7. The average molecular weight is 277 g/mol. The van der Waals surface area contributed by atoms with Gasteiger partial charge < -0.3 is 5.32 Å². The van der Waals surface area contributed by atoms with Crippen LogP contribution in [-0.2, 0) is 0 Å². The highest BCUT2D eigenvalue weighted by Crippen LogP contribution is 2.72. The van der Waals surface area contributed by atoms with E-state index in [0.717, 1.165) is 35.8 Å². The third-order valence-corrected chi connectivity index (χ3v) is 5.91. The van der Waals surface area contributed by atoms with Gasteiger partial charge in [0.1, 0.15) is 0 Å². The quantitative estimate of drug-likeness (QED) is 0.880. The van der Waals surface area contributed by atoms with Crippen molar-refractivity contribution in [2.24, 2.45) is 29.6 Å². The molecule has 4 rings (SSSR count). The number of nitrogens with one attached hydrogen (secondary N) is 1. The Morgan fingerprint density at radius 1 is 1.15 bits per heavy atom. The van der Waals surface area contributed by atoms with Crippen molar-refractivity contribution in [2.75, 3.05) is 6.54 Å². The molecule has 3 fully saturated rings. The molecule has 2 bridgehead atoms. The minimum Gasteiger partial charge on any atom is -0.310 e. The summed E-state index contributed by atoms with van der Waals surface area (Å²) in [6.07, 6.45) is 4.19. The van der Waals surface area contributed by atoms with Gasteiger partial charge in [0.15, 0.2) is 11.6 Å². The summed E-state index contributed by atoms with van der Waals surface area (Å²) in [6.45, 7) is 2.95. The Labute approximate surface area is 118 Å². The van der Waals surface area contributed by atoms with Crippen molar-refractivity contribution in [2.45, 2.75) is 32.2 Å². The molecule has 0 saturated heterocycles. The van der Waals surface area contributed by atoms with Crippen molar-refractivity contribution in [3.05, 3.63) is 35.4 Å². The molecule has 3 aliphatic carbocycles. The van der Waals surface area contributed by atoms with E-state index in [0.29, 0.717) is 5.92 Å². The summed E-state index contributed by atoms with van der Waals surface area (Å²) in [4.78, 5) is 0. The predicted octanol–water partition coefficient (Wildman–Crippen LogP) is 3.91. The van der Waals surface area contributed by atoms with Crippen molar-refractivity contribution in [1.29, 1.82) is 0 Å². The fourth-order valence-corrected chi connectivity index (χ4v) is 5.24. The van der Waals surface area contributed by atoms with Gasteiger partial charge in [-0.25, -0.2) is 8.78 Å². The first-order valence-electron chi connectivity index (χ1n) is 7.89. The van der Waals surface area contributed by atoms with E-state index in [2.05, 4.69) is 12.2 Å². The highest BCUT2D eigenvalue weighted by atomic mass is 19.2. The molecule has 0 heterocycles. The molecule has 0 radical (unpaired) electrons. The number of halogens is 2. The molecule has 3 aliphatic rings. The summed E-state index contributed by atoms with van der Waals surface area (Å²) in [6, 6.07) is 4.61. The molecule has 20 heavy (non-hydrogen) atoms. The maximum Gasteiger partial charge on any atom is 0.159 e. The van der Waals surface area contributed by atoms with E-state index in [1.165, 1.54) is 31.4 Å². The van der Waals surface area contributed by atoms with E-state index < -0.39 is 11.6 Å². The second kappa shape index (κ2) is 4.52. The van der Waals surface area contributed by atoms with Crippen LogP contribution in [0.4, 0.5) is 8.78 Å². The summed E-state index contributed by atoms with van der Waals surface area (Å²) in [5, 5.41) is 3.52. The van der Waals surface area contributed by atoms with Crippen LogP contribution in [0.15, 0.2) is 18.2 Å². The topological polar surface area (TPSA) is 12.0 Å².